The number of carbonyl (C=O) groups excluding carboxylic acids is 1. The van der Waals surface area contributed by atoms with Gasteiger partial charge in [-0.25, -0.2) is 9.37 Å². The molecule has 6 heteroatoms. The van der Waals surface area contributed by atoms with Crippen molar-refractivity contribution in [2.45, 2.75) is 6.92 Å². The first kappa shape index (κ1) is 13.5. The van der Waals surface area contributed by atoms with Crippen LogP contribution in [0.4, 0.5) is 10.1 Å². The minimum Gasteiger partial charge on any atom is -0.438 e. The van der Waals surface area contributed by atoms with Gasteiger partial charge in [-0.05, 0) is 46.3 Å². The summed E-state index contributed by atoms with van der Waals surface area (Å²) in [6.45, 7) is 1.41. The number of anilines is 1. The first-order valence-electron chi connectivity index (χ1n) is 5.41. The highest BCUT2D eigenvalue weighted by atomic mass is 79.9. The van der Waals surface area contributed by atoms with Crippen molar-refractivity contribution < 1.29 is 13.9 Å². The van der Waals surface area contributed by atoms with Crippen molar-refractivity contribution in [3.63, 3.8) is 0 Å². The van der Waals surface area contributed by atoms with Crippen molar-refractivity contribution in [1.29, 1.82) is 0 Å². The van der Waals surface area contributed by atoms with Gasteiger partial charge in [0, 0.05) is 6.92 Å². The fourth-order valence-electron chi connectivity index (χ4n) is 1.39. The Bertz CT molecular complexity index is 602. The van der Waals surface area contributed by atoms with Gasteiger partial charge in [0.2, 0.25) is 11.8 Å². The van der Waals surface area contributed by atoms with E-state index in [1.54, 1.807) is 6.07 Å². The third-order valence-corrected chi connectivity index (χ3v) is 2.72. The fraction of sp³-hybridized carbons (Fsp3) is 0.0769. The molecule has 0 saturated heterocycles. The summed E-state index contributed by atoms with van der Waals surface area (Å²) < 4.78 is 18.8. The number of halogens is 2. The standard InChI is InChI=1S/C13H10BrFN2O2/c1-8(18)17-10-6-12(14)13(16-7-10)19-11-4-2-9(15)3-5-11/h2-7H,1H3,(H,17,18). The number of amides is 1. The number of ether oxygens (including phenoxy) is 1. The zero-order chi connectivity index (χ0) is 13.8. The van der Waals surface area contributed by atoms with Gasteiger partial charge < -0.3 is 10.1 Å². The van der Waals surface area contributed by atoms with Crippen LogP contribution in [-0.4, -0.2) is 10.9 Å². The van der Waals surface area contributed by atoms with E-state index in [0.717, 1.165) is 0 Å². The molecule has 0 radical (unpaired) electrons. The Labute approximate surface area is 117 Å². The van der Waals surface area contributed by atoms with E-state index in [1.807, 2.05) is 0 Å². The van der Waals surface area contributed by atoms with Crippen LogP contribution in [0.25, 0.3) is 0 Å². The van der Waals surface area contributed by atoms with E-state index < -0.39 is 0 Å². The highest BCUT2D eigenvalue weighted by molar-refractivity contribution is 9.10. The maximum Gasteiger partial charge on any atom is 0.233 e. The normalized spacial score (nSPS) is 10.1. The van der Waals surface area contributed by atoms with Crippen molar-refractivity contribution in [3.8, 4) is 11.6 Å². The number of pyridine rings is 1. The Morgan fingerprint density at radius 1 is 1.37 bits per heavy atom. The van der Waals surface area contributed by atoms with Gasteiger partial charge in [-0.2, -0.15) is 0 Å². The molecule has 1 N–H and O–H groups in total. The SMILES string of the molecule is CC(=O)Nc1cnc(Oc2ccc(F)cc2)c(Br)c1. The molecule has 0 saturated carbocycles. The molecule has 19 heavy (non-hydrogen) atoms. The Hall–Kier alpha value is -1.95. The summed E-state index contributed by atoms with van der Waals surface area (Å²) in [6, 6.07) is 7.29. The molecule has 0 fully saturated rings. The van der Waals surface area contributed by atoms with Gasteiger partial charge in [-0.3, -0.25) is 4.79 Å². The number of aromatic nitrogens is 1. The molecule has 1 heterocycles. The topological polar surface area (TPSA) is 51.2 Å². The van der Waals surface area contributed by atoms with Crippen LogP contribution >= 0.6 is 15.9 Å². The highest BCUT2D eigenvalue weighted by Crippen LogP contribution is 2.29. The van der Waals surface area contributed by atoms with E-state index in [-0.39, 0.29) is 11.7 Å². The zero-order valence-corrected chi connectivity index (χ0v) is 11.6. The predicted octanol–water partition coefficient (Wildman–Crippen LogP) is 3.73. The van der Waals surface area contributed by atoms with Gasteiger partial charge in [0.15, 0.2) is 0 Å². The molecule has 0 aliphatic rings. The van der Waals surface area contributed by atoms with Gasteiger partial charge in [-0.15, -0.1) is 0 Å². The molecule has 2 rings (SSSR count). The average molecular weight is 325 g/mol. The molecular formula is C13H10BrFN2O2. The number of hydrogen-bond acceptors (Lipinski definition) is 3. The number of benzene rings is 1. The van der Waals surface area contributed by atoms with Gasteiger partial charge in [0.1, 0.15) is 11.6 Å². The second-order valence-corrected chi connectivity index (χ2v) is 4.60. The molecule has 0 atom stereocenters. The van der Waals surface area contributed by atoms with E-state index >= 15 is 0 Å². The van der Waals surface area contributed by atoms with Crippen molar-refractivity contribution >= 4 is 27.5 Å². The molecule has 98 valence electrons. The van der Waals surface area contributed by atoms with Crippen molar-refractivity contribution in [2.75, 3.05) is 5.32 Å². The molecule has 1 aromatic heterocycles. The summed E-state index contributed by atoms with van der Waals surface area (Å²) in [7, 11) is 0. The lowest BCUT2D eigenvalue weighted by Gasteiger charge is -2.08. The number of nitrogens with one attached hydrogen (secondary N) is 1. The third kappa shape index (κ3) is 3.75. The number of nitrogens with zero attached hydrogens (tertiary/aromatic N) is 1. The lowest BCUT2D eigenvalue weighted by molar-refractivity contribution is -0.114. The summed E-state index contributed by atoms with van der Waals surface area (Å²) in [4.78, 5) is 15.0. The maximum absolute atomic E-state index is 12.8. The minimum absolute atomic E-state index is 0.180. The molecule has 0 aliphatic carbocycles. The first-order chi connectivity index (χ1) is 9.04. The Morgan fingerprint density at radius 2 is 2.05 bits per heavy atom. The van der Waals surface area contributed by atoms with Crippen LogP contribution in [0.3, 0.4) is 0 Å². The quantitative estimate of drug-likeness (QED) is 0.935. The minimum atomic E-state index is -0.333. The van der Waals surface area contributed by atoms with E-state index in [2.05, 4.69) is 26.2 Å². The van der Waals surface area contributed by atoms with E-state index in [9.17, 15) is 9.18 Å². The van der Waals surface area contributed by atoms with Gasteiger partial charge in [0.05, 0.1) is 16.4 Å². The largest absolute Gasteiger partial charge is 0.438 e. The van der Waals surface area contributed by atoms with Crippen LogP contribution in [0, 0.1) is 5.82 Å². The second kappa shape index (κ2) is 5.79. The monoisotopic (exact) mass is 324 g/mol. The Balaban J connectivity index is 2.17. The summed E-state index contributed by atoms with van der Waals surface area (Å²) in [5.74, 6) is 0.295. The number of hydrogen-bond donors (Lipinski definition) is 1. The Morgan fingerprint density at radius 3 is 2.63 bits per heavy atom. The summed E-state index contributed by atoms with van der Waals surface area (Å²) in [5.41, 5.74) is 0.561. The summed E-state index contributed by atoms with van der Waals surface area (Å²) >= 11 is 3.30. The van der Waals surface area contributed by atoms with Gasteiger partial charge in [0.25, 0.3) is 0 Å². The zero-order valence-electron chi connectivity index (χ0n) is 9.98. The van der Waals surface area contributed by atoms with Crippen LogP contribution in [0.5, 0.6) is 11.6 Å². The predicted molar refractivity (Wildman–Crippen MR) is 72.7 cm³/mol. The van der Waals surface area contributed by atoms with E-state index in [1.165, 1.54) is 37.4 Å². The first-order valence-corrected chi connectivity index (χ1v) is 6.20. The molecule has 0 bridgehead atoms. The van der Waals surface area contributed by atoms with Crippen molar-refractivity contribution in [2.24, 2.45) is 0 Å². The van der Waals surface area contributed by atoms with Crippen LogP contribution in [0.1, 0.15) is 6.92 Å². The van der Waals surface area contributed by atoms with Crippen molar-refractivity contribution in [3.05, 3.63) is 46.8 Å². The highest BCUT2D eigenvalue weighted by Gasteiger charge is 2.07. The van der Waals surface area contributed by atoms with Gasteiger partial charge >= 0.3 is 0 Å². The van der Waals surface area contributed by atoms with Crippen LogP contribution in [0.2, 0.25) is 0 Å². The molecule has 2 aromatic rings. The van der Waals surface area contributed by atoms with E-state index in [4.69, 9.17) is 4.74 Å². The van der Waals surface area contributed by atoms with E-state index in [0.29, 0.717) is 21.8 Å². The molecular weight excluding hydrogens is 315 g/mol. The van der Waals surface area contributed by atoms with Crippen LogP contribution < -0.4 is 10.1 Å². The molecule has 1 amide bonds. The molecule has 0 aliphatic heterocycles. The fourth-order valence-corrected chi connectivity index (χ4v) is 1.82. The molecule has 4 nitrogen and oxygen atoms in total. The maximum atomic E-state index is 12.8. The molecule has 1 aromatic carbocycles. The van der Waals surface area contributed by atoms with Crippen LogP contribution in [-0.2, 0) is 4.79 Å². The average Bonchev–Trinajstić information content (AvgIpc) is 2.34. The third-order valence-electron chi connectivity index (χ3n) is 2.16. The number of rotatable bonds is 3. The smallest absolute Gasteiger partial charge is 0.233 e. The number of carbonyl (C=O) groups is 1. The Kier molecular flexibility index (Phi) is 4.11. The van der Waals surface area contributed by atoms with Crippen LogP contribution in [0.15, 0.2) is 41.0 Å². The van der Waals surface area contributed by atoms with Gasteiger partial charge in [-0.1, -0.05) is 0 Å². The lowest BCUT2D eigenvalue weighted by atomic mass is 10.3. The second-order valence-electron chi connectivity index (χ2n) is 3.75. The molecule has 0 spiro atoms. The van der Waals surface area contributed by atoms with Crippen molar-refractivity contribution in [1.82, 2.24) is 4.98 Å². The summed E-state index contributed by atoms with van der Waals surface area (Å²) in [6.07, 6.45) is 1.48. The lowest BCUT2D eigenvalue weighted by Crippen LogP contribution is -2.06. The molecule has 0 unspecified atom stereocenters. The summed E-state index contributed by atoms with van der Waals surface area (Å²) in [5, 5.41) is 2.61.